The number of hydrogen-bond donors (Lipinski definition) is 0. The number of rotatable bonds is 4. The molecule has 0 N–H and O–H groups in total. The minimum absolute atomic E-state index is 0.659. The van der Waals surface area contributed by atoms with Gasteiger partial charge in [-0.1, -0.05) is 24.3 Å². The molecule has 3 aromatic rings. The van der Waals surface area contributed by atoms with Crippen LogP contribution in [-0.2, 0) is 6.42 Å². The van der Waals surface area contributed by atoms with Crippen molar-refractivity contribution in [2.45, 2.75) is 34.1 Å². The van der Waals surface area contributed by atoms with Gasteiger partial charge in [-0.2, -0.15) is 0 Å². The van der Waals surface area contributed by atoms with E-state index in [2.05, 4.69) is 58.0 Å². The first kappa shape index (κ1) is 14.7. The molecule has 0 radical (unpaired) electrons. The molecule has 2 aromatic carbocycles. The van der Waals surface area contributed by atoms with E-state index in [1.807, 2.05) is 6.26 Å². The Hall–Kier alpha value is -2.22. The second-order valence-electron chi connectivity index (χ2n) is 6.03. The minimum Gasteiger partial charge on any atom is -0.493 e. The number of fused-ring (bicyclic) bond motifs is 1. The normalized spacial score (nSPS) is 11.1. The number of hydrogen-bond acceptors (Lipinski definition) is 2. The smallest absolute Gasteiger partial charge is 0.137 e. The van der Waals surface area contributed by atoms with Crippen LogP contribution in [0.15, 0.2) is 41.0 Å². The number of ether oxygens (including phenoxy) is 1. The highest BCUT2D eigenvalue weighted by Gasteiger charge is 2.11. The summed E-state index contributed by atoms with van der Waals surface area (Å²) in [5.74, 6) is 0.973. The molecule has 0 aliphatic carbocycles. The molecular formula is C20H22O2. The zero-order valence-corrected chi connectivity index (χ0v) is 13.7. The average molecular weight is 294 g/mol. The van der Waals surface area contributed by atoms with E-state index in [1.54, 1.807) is 0 Å². The van der Waals surface area contributed by atoms with Gasteiger partial charge in [-0.15, -0.1) is 0 Å². The van der Waals surface area contributed by atoms with Gasteiger partial charge in [0.15, 0.2) is 0 Å². The monoisotopic (exact) mass is 294 g/mol. The quantitative estimate of drug-likeness (QED) is 0.652. The van der Waals surface area contributed by atoms with E-state index in [0.29, 0.717) is 6.61 Å². The Labute approximate surface area is 131 Å². The Kier molecular flexibility index (Phi) is 3.93. The summed E-state index contributed by atoms with van der Waals surface area (Å²) in [6, 6.07) is 10.6. The van der Waals surface area contributed by atoms with Crippen molar-refractivity contribution in [1.29, 1.82) is 0 Å². The van der Waals surface area contributed by atoms with Crippen LogP contribution in [0.3, 0.4) is 0 Å². The molecule has 22 heavy (non-hydrogen) atoms. The Morgan fingerprint density at radius 3 is 2.45 bits per heavy atom. The lowest BCUT2D eigenvalue weighted by atomic mass is 10.0. The molecule has 0 aliphatic rings. The molecule has 0 saturated heterocycles. The van der Waals surface area contributed by atoms with Crippen LogP contribution in [0.5, 0.6) is 5.75 Å². The third-order valence-corrected chi connectivity index (χ3v) is 4.18. The third kappa shape index (κ3) is 2.74. The van der Waals surface area contributed by atoms with Crippen molar-refractivity contribution in [3.63, 3.8) is 0 Å². The fourth-order valence-electron chi connectivity index (χ4n) is 2.84. The molecule has 114 valence electrons. The van der Waals surface area contributed by atoms with Crippen molar-refractivity contribution in [1.82, 2.24) is 0 Å². The van der Waals surface area contributed by atoms with Gasteiger partial charge in [-0.05, 0) is 56.0 Å². The summed E-state index contributed by atoms with van der Waals surface area (Å²) in [5, 5.41) is 1.24. The molecule has 0 atom stereocenters. The molecule has 0 aliphatic heterocycles. The van der Waals surface area contributed by atoms with Gasteiger partial charge >= 0.3 is 0 Å². The van der Waals surface area contributed by atoms with E-state index in [0.717, 1.165) is 17.8 Å². The number of benzene rings is 2. The van der Waals surface area contributed by atoms with E-state index < -0.39 is 0 Å². The molecule has 0 saturated carbocycles. The third-order valence-electron chi connectivity index (χ3n) is 4.18. The molecule has 2 heteroatoms. The van der Waals surface area contributed by atoms with Crippen molar-refractivity contribution in [2.75, 3.05) is 6.61 Å². The van der Waals surface area contributed by atoms with E-state index in [1.165, 1.54) is 33.2 Å². The zero-order valence-electron chi connectivity index (χ0n) is 13.7. The van der Waals surface area contributed by atoms with E-state index in [-0.39, 0.29) is 0 Å². The van der Waals surface area contributed by atoms with Crippen LogP contribution in [0.2, 0.25) is 0 Å². The second kappa shape index (κ2) is 5.88. The maximum Gasteiger partial charge on any atom is 0.137 e. The van der Waals surface area contributed by atoms with E-state index >= 15 is 0 Å². The maximum absolute atomic E-state index is 5.97. The molecule has 0 spiro atoms. The molecule has 3 rings (SSSR count). The van der Waals surface area contributed by atoms with Gasteiger partial charge in [0.05, 0.1) is 12.9 Å². The average Bonchev–Trinajstić information content (AvgIpc) is 2.92. The second-order valence-corrected chi connectivity index (χ2v) is 6.03. The molecule has 0 unspecified atom stereocenters. The summed E-state index contributed by atoms with van der Waals surface area (Å²) in [6.07, 6.45) is 2.72. The number of furan rings is 1. The first-order valence-corrected chi connectivity index (χ1v) is 7.72. The van der Waals surface area contributed by atoms with Gasteiger partial charge in [0.2, 0.25) is 0 Å². The van der Waals surface area contributed by atoms with Gasteiger partial charge in [0.1, 0.15) is 11.3 Å². The highest BCUT2D eigenvalue weighted by molar-refractivity contribution is 5.87. The molecular weight excluding hydrogens is 272 g/mol. The summed E-state index contributed by atoms with van der Waals surface area (Å²) in [5.41, 5.74) is 7.07. The summed E-state index contributed by atoms with van der Waals surface area (Å²) in [6.45, 7) is 9.04. The predicted octanol–water partition coefficient (Wildman–Crippen LogP) is 5.29. The lowest BCUT2D eigenvalue weighted by molar-refractivity contribution is 0.319. The lowest BCUT2D eigenvalue weighted by Crippen LogP contribution is -2.02. The SMILES string of the molecule is Cc1ccc(C)c(OCCc2coc3c(C)ccc(C)c23)c1. The first-order valence-electron chi connectivity index (χ1n) is 7.72. The Morgan fingerprint density at radius 2 is 1.64 bits per heavy atom. The largest absolute Gasteiger partial charge is 0.493 e. The molecule has 0 fully saturated rings. The Bertz CT molecular complexity index is 812. The summed E-state index contributed by atoms with van der Waals surface area (Å²) < 4.78 is 11.7. The lowest BCUT2D eigenvalue weighted by Gasteiger charge is -2.10. The summed E-state index contributed by atoms with van der Waals surface area (Å²) in [4.78, 5) is 0. The van der Waals surface area contributed by atoms with Gasteiger partial charge in [0.25, 0.3) is 0 Å². The van der Waals surface area contributed by atoms with Crippen molar-refractivity contribution >= 4 is 11.0 Å². The van der Waals surface area contributed by atoms with E-state index in [9.17, 15) is 0 Å². The van der Waals surface area contributed by atoms with Crippen LogP contribution < -0.4 is 4.74 Å². The molecule has 1 heterocycles. The van der Waals surface area contributed by atoms with Crippen LogP contribution in [0, 0.1) is 27.7 Å². The topological polar surface area (TPSA) is 22.4 Å². The van der Waals surface area contributed by atoms with E-state index in [4.69, 9.17) is 9.15 Å². The molecule has 1 aromatic heterocycles. The van der Waals surface area contributed by atoms with Gasteiger partial charge in [0, 0.05) is 17.4 Å². The van der Waals surface area contributed by atoms with Crippen LogP contribution in [-0.4, -0.2) is 6.61 Å². The van der Waals surface area contributed by atoms with Crippen molar-refractivity contribution < 1.29 is 9.15 Å². The highest BCUT2D eigenvalue weighted by Crippen LogP contribution is 2.28. The molecule has 2 nitrogen and oxygen atoms in total. The first-order chi connectivity index (χ1) is 10.6. The summed E-state index contributed by atoms with van der Waals surface area (Å²) in [7, 11) is 0. The highest BCUT2D eigenvalue weighted by atomic mass is 16.5. The maximum atomic E-state index is 5.97. The van der Waals surface area contributed by atoms with Crippen LogP contribution in [0.25, 0.3) is 11.0 Å². The zero-order chi connectivity index (χ0) is 15.7. The van der Waals surface area contributed by atoms with Crippen LogP contribution in [0.1, 0.15) is 27.8 Å². The Balaban J connectivity index is 1.77. The summed E-state index contributed by atoms with van der Waals surface area (Å²) >= 11 is 0. The van der Waals surface area contributed by atoms with Crippen LogP contribution in [0.4, 0.5) is 0 Å². The minimum atomic E-state index is 0.659. The van der Waals surface area contributed by atoms with Crippen LogP contribution >= 0.6 is 0 Å². The fraction of sp³-hybridized carbons (Fsp3) is 0.300. The van der Waals surface area contributed by atoms with Crippen molar-refractivity contribution in [3.8, 4) is 5.75 Å². The van der Waals surface area contributed by atoms with Gasteiger partial charge in [-0.3, -0.25) is 0 Å². The van der Waals surface area contributed by atoms with Gasteiger partial charge in [-0.25, -0.2) is 0 Å². The molecule has 0 amide bonds. The van der Waals surface area contributed by atoms with Gasteiger partial charge < -0.3 is 9.15 Å². The number of aryl methyl sites for hydroxylation is 4. The molecule has 0 bridgehead atoms. The van der Waals surface area contributed by atoms with Crippen molar-refractivity contribution in [2.24, 2.45) is 0 Å². The Morgan fingerprint density at radius 1 is 0.909 bits per heavy atom. The fourth-order valence-corrected chi connectivity index (χ4v) is 2.84. The standard InChI is InChI=1S/C20H22O2/c1-13-5-6-14(2)18(11-13)21-10-9-17-12-22-20-16(4)8-7-15(3)19(17)20/h5-8,11-12H,9-10H2,1-4H3. The predicted molar refractivity (Wildman–Crippen MR) is 90.8 cm³/mol. The van der Waals surface area contributed by atoms with Crippen molar-refractivity contribution in [3.05, 3.63) is 64.4 Å².